The Hall–Kier alpha value is -1.97. The lowest BCUT2D eigenvalue weighted by molar-refractivity contribution is -0.148. The Bertz CT molecular complexity index is 522. The Kier molecular flexibility index (Phi) is 3.28. The van der Waals surface area contributed by atoms with Gasteiger partial charge in [-0.1, -0.05) is 24.3 Å². The van der Waals surface area contributed by atoms with Crippen LogP contribution >= 0.6 is 0 Å². The van der Waals surface area contributed by atoms with Gasteiger partial charge in [-0.25, -0.2) is 0 Å². The van der Waals surface area contributed by atoms with Crippen LogP contribution in [-0.2, 0) is 9.59 Å². The number of amides is 2. The number of carbonyl (C=O) groups is 3. The third kappa shape index (κ3) is 2.06. The van der Waals surface area contributed by atoms with Crippen LogP contribution in [0.5, 0.6) is 0 Å². The second kappa shape index (κ2) is 4.72. The number of hydrogen-bond donors (Lipinski definition) is 0. The van der Waals surface area contributed by atoms with Crippen LogP contribution in [0, 0.1) is 12.8 Å². The molecule has 4 nitrogen and oxygen atoms in total. The number of Topliss-reactive ketones (excluding diaryl/α,β-unsaturated/α-hetero) is 1. The molecule has 1 aliphatic rings. The number of benzene rings is 1. The minimum absolute atomic E-state index is 0.183. The summed E-state index contributed by atoms with van der Waals surface area (Å²) in [6.45, 7) is 1.84. The predicted molar refractivity (Wildman–Crippen MR) is 66.0 cm³/mol. The number of carbonyl (C=O) groups excluding carboxylic acids is 3. The third-order valence-corrected chi connectivity index (χ3v) is 3.38. The number of rotatable bonds is 2. The molecule has 18 heavy (non-hydrogen) atoms. The van der Waals surface area contributed by atoms with Gasteiger partial charge in [-0.05, 0) is 18.9 Å². The summed E-state index contributed by atoms with van der Waals surface area (Å²) >= 11 is 0. The molecular weight excluding hydrogens is 230 g/mol. The van der Waals surface area contributed by atoms with Gasteiger partial charge in [0.15, 0.2) is 5.78 Å². The van der Waals surface area contributed by atoms with Crippen molar-refractivity contribution >= 4 is 17.6 Å². The Labute approximate surface area is 106 Å². The van der Waals surface area contributed by atoms with Gasteiger partial charge >= 0.3 is 0 Å². The van der Waals surface area contributed by atoms with Crippen LogP contribution in [0.2, 0.25) is 0 Å². The van der Waals surface area contributed by atoms with Crippen LogP contribution in [0.3, 0.4) is 0 Å². The number of nitrogens with zero attached hydrogens (tertiary/aromatic N) is 1. The molecule has 1 atom stereocenters. The maximum absolute atomic E-state index is 12.3. The molecular formula is C14H15NO3. The lowest BCUT2D eigenvalue weighted by atomic mass is 9.87. The molecule has 0 aliphatic carbocycles. The third-order valence-electron chi connectivity index (χ3n) is 3.38. The maximum atomic E-state index is 12.3. The average molecular weight is 245 g/mol. The lowest BCUT2D eigenvalue weighted by Crippen LogP contribution is -2.45. The van der Waals surface area contributed by atoms with E-state index in [4.69, 9.17) is 0 Å². The van der Waals surface area contributed by atoms with E-state index in [1.165, 1.54) is 7.05 Å². The molecule has 1 aliphatic heterocycles. The normalized spacial score (nSPS) is 20.1. The summed E-state index contributed by atoms with van der Waals surface area (Å²) in [5.74, 6) is -1.50. The molecule has 1 saturated heterocycles. The molecule has 0 aromatic heterocycles. The molecule has 94 valence electrons. The SMILES string of the molecule is Cc1ccccc1C(=O)C1CCC(=O)N(C)C1=O. The Morgan fingerprint density at radius 3 is 2.61 bits per heavy atom. The van der Waals surface area contributed by atoms with Gasteiger partial charge in [0.1, 0.15) is 5.92 Å². The van der Waals surface area contributed by atoms with Gasteiger partial charge in [0.2, 0.25) is 11.8 Å². The molecule has 0 saturated carbocycles. The molecule has 2 rings (SSSR count). The Balaban J connectivity index is 2.28. The van der Waals surface area contributed by atoms with Gasteiger partial charge in [0.05, 0.1) is 0 Å². The van der Waals surface area contributed by atoms with Crippen molar-refractivity contribution in [2.45, 2.75) is 19.8 Å². The minimum atomic E-state index is -0.714. The van der Waals surface area contributed by atoms with E-state index in [-0.39, 0.29) is 24.0 Å². The van der Waals surface area contributed by atoms with Crippen molar-refractivity contribution in [2.75, 3.05) is 7.05 Å². The quantitative estimate of drug-likeness (QED) is 0.451. The zero-order valence-electron chi connectivity index (χ0n) is 10.5. The first-order valence-corrected chi connectivity index (χ1v) is 5.92. The van der Waals surface area contributed by atoms with Crippen LogP contribution in [0.1, 0.15) is 28.8 Å². The van der Waals surface area contributed by atoms with E-state index in [0.29, 0.717) is 12.0 Å². The zero-order valence-corrected chi connectivity index (χ0v) is 10.5. The van der Waals surface area contributed by atoms with Crippen LogP contribution in [0.25, 0.3) is 0 Å². The van der Waals surface area contributed by atoms with Crippen molar-refractivity contribution in [3.63, 3.8) is 0 Å². The van der Waals surface area contributed by atoms with Gasteiger partial charge in [-0.3, -0.25) is 19.3 Å². The highest BCUT2D eigenvalue weighted by Crippen LogP contribution is 2.23. The maximum Gasteiger partial charge on any atom is 0.239 e. The highest BCUT2D eigenvalue weighted by Gasteiger charge is 2.37. The van der Waals surface area contributed by atoms with Gasteiger partial charge in [-0.15, -0.1) is 0 Å². The van der Waals surface area contributed by atoms with E-state index >= 15 is 0 Å². The zero-order chi connectivity index (χ0) is 13.3. The number of ketones is 1. The van der Waals surface area contributed by atoms with Gasteiger partial charge in [0.25, 0.3) is 0 Å². The summed E-state index contributed by atoms with van der Waals surface area (Å²) in [6.07, 6.45) is 0.569. The summed E-state index contributed by atoms with van der Waals surface area (Å²) in [4.78, 5) is 36.7. The second-order valence-electron chi connectivity index (χ2n) is 4.56. The van der Waals surface area contributed by atoms with E-state index < -0.39 is 5.92 Å². The van der Waals surface area contributed by atoms with E-state index in [1.54, 1.807) is 12.1 Å². The smallest absolute Gasteiger partial charge is 0.239 e. The van der Waals surface area contributed by atoms with Crippen molar-refractivity contribution < 1.29 is 14.4 Å². The number of likely N-dealkylation sites (tertiary alicyclic amines) is 1. The minimum Gasteiger partial charge on any atom is -0.293 e. The standard InChI is InChI=1S/C14H15NO3/c1-9-5-3-4-6-10(9)13(17)11-7-8-12(16)15(2)14(11)18/h3-6,11H,7-8H2,1-2H3. The predicted octanol–water partition coefficient (Wildman–Crippen LogP) is 1.57. The highest BCUT2D eigenvalue weighted by molar-refractivity contribution is 6.15. The summed E-state index contributed by atoms with van der Waals surface area (Å²) in [7, 11) is 1.43. The van der Waals surface area contributed by atoms with Gasteiger partial charge < -0.3 is 0 Å². The second-order valence-corrected chi connectivity index (χ2v) is 4.56. The number of hydrogen-bond acceptors (Lipinski definition) is 3. The van der Waals surface area contributed by atoms with Crippen LogP contribution in [-0.4, -0.2) is 29.5 Å². The molecule has 1 heterocycles. The Morgan fingerprint density at radius 1 is 1.28 bits per heavy atom. The van der Waals surface area contributed by atoms with Crippen LogP contribution in [0.15, 0.2) is 24.3 Å². The fraction of sp³-hybridized carbons (Fsp3) is 0.357. The molecule has 0 bridgehead atoms. The number of imide groups is 1. The molecule has 0 radical (unpaired) electrons. The first kappa shape index (κ1) is 12.5. The van der Waals surface area contributed by atoms with Crippen molar-refractivity contribution in [2.24, 2.45) is 5.92 Å². The Morgan fingerprint density at radius 2 is 1.94 bits per heavy atom. The van der Waals surface area contributed by atoms with Crippen molar-refractivity contribution in [1.82, 2.24) is 4.90 Å². The summed E-state index contributed by atoms with van der Waals surface area (Å²) in [6, 6.07) is 7.20. The van der Waals surface area contributed by atoms with Gasteiger partial charge in [-0.2, -0.15) is 0 Å². The summed E-state index contributed by atoms with van der Waals surface area (Å²) in [5.41, 5.74) is 1.42. The fourth-order valence-electron chi connectivity index (χ4n) is 2.20. The van der Waals surface area contributed by atoms with E-state index in [0.717, 1.165) is 10.5 Å². The number of aryl methyl sites for hydroxylation is 1. The van der Waals surface area contributed by atoms with Gasteiger partial charge in [0, 0.05) is 19.0 Å². The van der Waals surface area contributed by atoms with E-state index in [2.05, 4.69) is 0 Å². The first-order valence-electron chi connectivity index (χ1n) is 5.92. The molecule has 4 heteroatoms. The van der Waals surface area contributed by atoms with Crippen LogP contribution < -0.4 is 0 Å². The van der Waals surface area contributed by atoms with Crippen molar-refractivity contribution in [1.29, 1.82) is 0 Å². The highest BCUT2D eigenvalue weighted by atomic mass is 16.2. The molecule has 0 N–H and O–H groups in total. The van der Waals surface area contributed by atoms with E-state index in [1.807, 2.05) is 19.1 Å². The topological polar surface area (TPSA) is 54.5 Å². The van der Waals surface area contributed by atoms with Crippen LogP contribution in [0.4, 0.5) is 0 Å². The molecule has 1 fully saturated rings. The summed E-state index contributed by atoms with van der Waals surface area (Å²) < 4.78 is 0. The monoisotopic (exact) mass is 245 g/mol. The number of piperidine rings is 1. The van der Waals surface area contributed by atoms with Crippen molar-refractivity contribution in [3.05, 3.63) is 35.4 Å². The average Bonchev–Trinajstić information content (AvgIpc) is 2.36. The van der Waals surface area contributed by atoms with Crippen molar-refractivity contribution in [3.8, 4) is 0 Å². The lowest BCUT2D eigenvalue weighted by Gasteiger charge is -2.27. The molecule has 2 amide bonds. The molecule has 1 unspecified atom stereocenters. The molecule has 1 aromatic carbocycles. The fourth-order valence-corrected chi connectivity index (χ4v) is 2.20. The largest absolute Gasteiger partial charge is 0.293 e. The summed E-state index contributed by atoms with van der Waals surface area (Å²) in [5, 5.41) is 0. The molecule has 0 spiro atoms. The molecule has 1 aromatic rings. The van der Waals surface area contributed by atoms with E-state index in [9.17, 15) is 14.4 Å². The first-order chi connectivity index (χ1) is 8.52.